The van der Waals surface area contributed by atoms with Gasteiger partial charge in [-0.25, -0.2) is 8.78 Å². The maximum Gasteiger partial charge on any atom is 0.262 e. The number of likely N-dealkylation sites (tertiary alicyclic amines) is 2. The van der Waals surface area contributed by atoms with Gasteiger partial charge in [0.25, 0.3) is 5.91 Å². The minimum atomic E-state index is -2.12. The topological polar surface area (TPSA) is 69.7 Å². The molecule has 2 aliphatic rings. The summed E-state index contributed by atoms with van der Waals surface area (Å²) >= 11 is 0. The lowest BCUT2D eigenvalue weighted by atomic mass is 9.98. The van der Waals surface area contributed by atoms with Gasteiger partial charge in [0.15, 0.2) is 0 Å². The van der Waals surface area contributed by atoms with Crippen molar-refractivity contribution in [2.75, 3.05) is 26.2 Å². The molecule has 1 aromatic carbocycles. The van der Waals surface area contributed by atoms with Gasteiger partial charge in [0, 0.05) is 38.9 Å². The van der Waals surface area contributed by atoms with Crippen LogP contribution in [0, 0.1) is 11.7 Å². The first-order valence-corrected chi connectivity index (χ1v) is 10.4. The number of hydrogen-bond acceptors (Lipinski definition) is 3. The predicted molar refractivity (Wildman–Crippen MR) is 108 cm³/mol. The van der Waals surface area contributed by atoms with E-state index in [4.69, 9.17) is 0 Å². The summed E-state index contributed by atoms with van der Waals surface area (Å²) in [5.74, 6) is -1.71. The molecule has 0 aliphatic carbocycles. The summed E-state index contributed by atoms with van der Waals surface area (Å²) in [7, 11) is 0. The van der Waals surface area contributed by atoms with Crippen LogP contribution >= 0.6 is 0 Å². The number of alkyl halides is 1. The largest absolute Gasteiger partial charge is 0.344 e. The van der Waals surface area contributed by atoms with Gasteiger partial charge < -0.3 is 15.1 Å². The van der Waals surface area contributed by atoms with E-state index < -0.39 is 17.6 Å². The minimum Gasteiger partial charge on any atom is -0.344 e. The second kappa shape index (κ2) is 8.70. The average Bonchev–Trinajstić information content (AvgIpc) is 3.33. The minimum absolute atomic E-state index is 0.0439. The molecule has 2 saturated heterocycles. The monoisotopic (exact) mass is 421 g/mol. The number of nitrogens with zero attached hydrogens (tertiary/aromatic N) is 2. The molecule has 0 spiro atoms. The Morgan fingerprint density at radius 1 is 1.13 bits per heavy atom. The van der Waals surface area contributed by atoms with Gasteiger partial charge in [0.1, 0.15) is 11.9 Å². The van der Waals surface area contributed by atoms with Gasteiger partial charge in [0.05, 0.1) is 6.54 Å². The van der Waals surface area contributed by atoms with Gasteiger partial charge in [-0.2, -0.15) is 0 Å². The zero-order valence-corrected chi connectivity index (χ0v) is 17.7. The molecule has 2 heterocycles. The summed E-state index contributed by atoms with van der Waals surface area (Å²) in [6.45, 7) is 5.60. The Morgan fingerprint density at radius 3 is 2.40 bits per heavy atom. The van der Waals surface area contributed by atoms with E-state index >= 15 is 4.39 Å². The van der Waals surface area contributed by atoms with Crippen molar-refractivity contribution in [1.82, 2.24) is 15.1 Å². The molecule has 0 saturated carbocycles. The van der Waals surface area contributed by atoms with E-state index in [9.17, 15) is 18.8 Å². The lowest BCUT2D eigenvalue weighted by molar-refractivity contribution is -0.143. The van der Waals surface area contributed by atoms with Gasteiger partial charge in [-0.1, -0.05) is 26.0 Å². The Kier molecular flexibility index (Phi) is 6.43. The predicted octanol–water partition coefficient (Wildman–Crippen LogP) is 2.24. The summed E-state index contributed by atoms with van der Waals surface area (Å²) < 4.78 is 28.7. The highest BCUT2D eigenvalue weighted by Gasteiger charge is 2.50. The fourth-order valence-corrected chi connectivity index (χ4v) is 4.30. The van der Waals surface area contributed by atoms with Crippen LogP contribution in [-0.4, -0.2) is 65.4 Å². The first kappa shape index (κ1) is 22.2. The smallest absolute Gasteiger partial charge is 0.262 e. The summed E-state index contributed by atoms with van der Waals surface area (Å²) in [5.41, 5.74) is -1.19. The normalized spacial score (nSPS) is 24.9. The lowest BCUT2D eigenvalue weighted by Gasteiger charge is -2.28. The zero-order chi connectivity index (χ0) is 22.1. The molecule has 3 unspecified atom stereocenters. The summed E-state index contributed by atoms with van der Waals surface area (Å²) in [6, 6.07) is 5.43. The van der Waals surface area contributed by atoms with Crippen LogP contribution in [0.3, 0.4) is 0 Å². The lowest BCUT2D eigenvalue weighted by Crippen LogP contribution is -2.52. The fraction of sp³-hybridized carbons (Fsp3) is 0.591. The van der Waals surface area contributed by atoms with E-state index in [1.54, 1.807) is 12.1 Å². The number of nitrogens with one attached hydrogen (secondary N) is 1. The Labute approximate surface area is 175 Å². The zero-order valence-electron chi connectivity index (χ0n) is 17.7. The van der Waals surface area contributed by atoms with Crippen molar-refractivity contribution < 1.29 is 23.2 Å². The molecule has 0 radical (unpaired) electrons. The highest BCUT2D eigenvalue weighted by molar-refractivity contribution is 5.90. The van der Waals surface area contributed by atoms with Crippen molar-refractivity contribution in [3.8, 4) is 0 Å². The highest BCUT2D eigenvalue weighted by atomic mass is 19.1. The van der Waals surface area contributed by atoms with Crippen LogP contribution in [0.4, 0.5) is 8.78 Å². The van der Waals surface area contributed by atoms with Crippen LogP contribution < -0.4 is 5.32 Å². The van der Waals surface area contributed by atoms with E-state index in [0.29, 0.717) is 19.5 Å². The quantitative estimate of drug-likeness (QED) is 0.793. The van der Waals surface area contributed by atoms with Crippen LogP contribution in [-0.2, 0) is 14.4 Å². The average molecular weight is 421 g/mol. The Hall–Kier alpha value is -2.51. The van der Waals surface area contributed by atoms with Crippen molar-refractivity contribution in [1.29, 1.82) is 0 Å². The maximum atomic E-state index is 15.6. The van der Waals surface area contributed by atoms with E-state index in [0.717, 1.165) is 5.56 Å². The highest BCUT2D eigenvalue weighted by Crippen LogP contribution is 2.33. The van der Waals surface area contributed by atoms with Crippen molar-refractivity contribution >= 4 is 17.7 Å². The molecular formula is C22H29F2N3O3. The van der Waals surface area contributed by atoms with E-state index in [-0.39, 0.29) is 49.0 Å². The molecule has 0 bridgehead atoms. The SMILES string of the molecule is CC(=O)NC(C(=O)N1CCC(F)(C(=O)N2CCC(c3ccc(F)cc3)C2)C1)C(C)C. The van der Waals surface area contributed by atoms with Gasteiger partial charge in [-0.05, 0) is 30.0 Å². The Morgan fingerprint density at radius 2 is 1.80 bits per heavy atom. The van der Waals surface area contributed by atoms with E-state index in [2.05, 4.69) is 5.32 Å². The molecule has 3 atom stereocenters. The number of benzene rings is 1. The second-order valence-corrected chi connectivity index (χ2v) is 8.69. The molecule has 1 aromatic rings. The number of amides is 3. The molecule has 8 heteroatoms. The van der Waals surface area contributed by atoms with E-state index in [1.165, 1.54) is 28.9 Å². The van der Waals surface area contributed by atoms with Crippen molar-refractivity contribution in [2.24, 2.45) is 5.92 Å². The van der Waals surface area contributed by atoms with Crippen LogP contribution in [0.2, 0.25) is 0 Å². The molecule has 1 N–H and O–H groups in total. The Balaban J connectivity index is 1.63. The summed E-state index contributed by atoms with van der Waals surface area (Å²) in [4.78, 5) is 40.0. The number of carbonyl (C=O) groups excluding carboxylic acids is 3. The van der Waals surface area contributed by atoms with Crippen molar-refractivity contribution in [2.45, 2.75) is 51.2 Å². The number of carbonyl (C=O) groups is 3. The fourth-order valence-electron chi connectivity index (χ4n) is 4.30. The molecule has 2 aliphatic heterocycles. The third kappa shape index (κ3) is 4.63. The van der Waals surface area contributed by atoms with Crippen LogP contribution in [0.1, 0.15) is 45.1 Å². The molecule has 164 valence electrons. The van der Waals surface area contributed by atoms with Gasteiger partial charge in [-0.3, -0.25) is 14.4 Å². The van der Waals surface area contributed by atoms with Gasteiger partial charge in [-0.15, -0.1) is 0 Å². The summed E-state index contributed by atoms with van der Waals surface area (Å²) in [6.07, 6.45) is 0.633. The number of halogens is 2. The molecule has 6 nitrogen and oxygen atoms in total. The van der Waals surface area contributed by atoms with Crippen LogP contribution in [0.5, 0.6) is 0 Å². The first-order chi connectivity index (χ1) is 14.1. The molecule has 30 heavy (non-hydrogen) atoms. The van der Waals surface area contributed by atoms with Gasteiger partial charge in [0.2, 0.25) is 17.5 Å². The third-order valence-corrected chi connectivity index (χ3v) is 6.02. The maximum absolute atomic E-state index is 15.6. The molecule has 3 amide bonds. The number of rotatable bonds is 5. The van der Waals surface area contributed by atoms with Gasteiger partial charge >= 0.3 is 0 Å². The van der Waals surface area contributed by atoms with Crippen molar-refractivity contribution in [3.05, 3.63) is 35.6 Å². The molecular weight excluding hydrogens is 392 g/mol. The summed E-state index contributed by atoms with van der Waals surface area (Å²) in [5, 5.41) is 2.62. The second-order valence-electron chi connectivity index (χ2n) is 8.69. The number of hydrogen-bond donors (Lipinski definition) is 1. The standard InChI is InChI=1S/C22H29F2N3O3/c1-14(2)19(25-15(3)28)20(29)27-11-9-22(24,13-27)21(30)26-10-8-17(12-26)16-4-6-18(23)7-5-16/h4-7,14,17,19H,8-13H2,1-3H3,(H,25,28). The Bertz CT molecular complexity index is 814. The molecule has 2 fully saturated rings. The molecule has 3 rings (SSSR count). The molecule has 0 aromatic heterocycles. The van der Waals surface area contributed by atoms with E-state index in [1.807, 2.05) is 13.8 Å². The van der Waals surface area contributed by atoms with Crippen LogP contribution in [0.25, 0.3) is 0 Å². The third-order valence-electron chi connectivity index (χ3n) is 6.02. The first-order valence-electron chi connectivity index (χ1n) is 10.4. The van der Waals surface area contributed by atoms with Crippen molar-refractivity contribution in [3.63, 3.8) is 0 Å². The van der Waals surface area contributed by atoms with Crippen LogP contribution in [0.15, 0.2) is 24.3 Å².